The topological polar surface area (TPSA) is 168 Å². The molecule has 0 amide bonds. The number of halogens is 1. The van der Waals surface area contributed by atoms with E-state index in [1.807, 2.05) is 0 Å². The van der Waals surface area contributed by atoms with Crippen molar-refractivity contribution in [2.75, 3.05) is 12.3 Å². The maximum absolute atomic E-state index is 14.8. The second-order valence-electron chi connectivity index (χ2n) is 7.15. The van der Waals surface area contributed by atoms with Crippen molar-refractivity contribution in [1.82, 2.24) is 19.7 Å². The zero-order valence-corrected chi connectivity index (χ0v) is 17.0. The fourth-order valence-electron chi connectivity index (χ4n) is 3.26. The number of nitrogen functional groups attached to an aromatic ring is 1. The van der Waals surface area contributed by atoms with Gasteiger partial charge in [-0.05, 0) is 18.8 Å². The number of aromatic nitrogens is 4. The summed E-state index contributed by atoms with van der Waals surface area (Å²) in [7, 11) is -4.26. The van der Waals surface area contributed by atoms with Gasteiger partial charge in [-0.2, -0.15) is 13.5 Å². The van der Waals surface area contributed by atoms with Crippen LogP contribution in [0.2, 0.25) is 0 Å². The predicted octanol–water partition coefficient (Wildman–Crippen LogP) is 0.116. The minimum absolute atomic E-state index is 0.204. The van der Waals surface area contributed by atoms with E-state index >= 15 is 0 Å². The number of aliphatic hydroxyl groups excluding tert-OH is 1. The summed E-state index contributed by atoms with van der Waals surface area (Å²) >= 11 is 1.50. The number of nitrogens with zero attached hydrogens (tertiary/aromatic N) is 4. The quantitative estimate of drug-likeness (QED) is 0.494. The van der Waals surface area contributed by atoms with Crippen LogP contribution >= 0.6 is 11.8 Å². The highest BCUT2D eigenvalue weighted by molar-refractivity contribution is 8.00. The number of hydrogen-bond acceptors (Lipinski definition) is 10. The van der Waals surface area contributed by atoms with E-state index in [9.17, 15) is 17.9 Å². The minimum Gasteiger partial charge on any atom is -0.387 e. The molecule has 11 nitrogen and oxygen atoms in total. The van der Waals surface area contributed by atoms with Crippen LogP contribution in [-0.4, -0.2) is 63.5 Å². The largest absolute Gasteiger partial charge is 0.387 e. The molecular formula is C15H21FN6O5S2. The predicted molar refractivity (Wildman–Crippen MR) is 102 cm³/mol. The second-order valence-corrected chi connectivity index (χ2v) is 9.73. The van der Waals surface area contributed by atoms with Gasteiger partial charge in [0.05, 0.1) is 12.0 Å². The Labute approximate surface area is 170 Å². The molecular weight excluding hydrogens is 427 g/mol. The average Bonchev–Trinajstić information content (AvgIpc) is 3.38. The molecule has 1 saturated heterocycles. The van der Waals surface area contributed by atoms with Crippen molar-refractivity contribution in [2.45, 2.75) is 54.6 Å². The van der Waals surface area contributed by atoms with Gasteiger partial charge in [0.1, 0.15) is 29.4 Å². The molecule has 2 fully saturated rings. The Morgan fingerprint density at radius 2 is 2.21 bits per heavy atom. The van der Waals surface area contributed by atoms with Crippen LogP contribution in [0.4, 0.5) is 10.2 Å². The van der Waals surface area contributed by atoms with Crippen LogP contribution in [0, 0.1) is 5.92 Å². The van der Waals surface area contributed by atoms with E-state index in [0.717, 1.165) is 12.8 Å². The smallest absolute Gasteiger partial charge is 0.333 e. The van der Waals surface area contributed by atoms with Gasteiger partial charge in [0.25, 0.3) is 0 Å². The highest BCUT2D eigenvalue weighted by Crippen LogP contribution is 2.44. The van der Waals surface area contributed by atoms with E-state index in [1.165, 1.54) is 22.8 Å². The van der Waals surface area contributed by atoms with E-state index in [1.54, 1.807) is 0 Å². The highest BCUT2D eigenvalue weighted by Gasteiger charge is 2.47. The molecule has 5 N–H and O–H groups in total. The van der Waals surface area contributed by atoms with Crippen molar-refractivity contribution >= 4 is 38.9 Å². The number of fused-ring (bicyclic) bond motifs is 1. The van der Waals surface area contributed by atoms with E-state index in [4.69, 9.17) is 15.6 Å². The fraction of sp³-hybridized carbons (Fsp3) is 0.667. The third-order valence-electron chi connectivity index (χ3n) is 5.00. The van der Waals surface area contributed by atoms with Crippen molar-refractivity contribution in [2.24, 2.45) is 11.1 Å². The van der Waals surface area contributed by atoms with E-state index in [0.29, 0.717) is 16.3 Å². The summed E-state index contributed by atoms with van der Waals surface area (Å²) in [6, 6.07) is 0. The van der Waals surface area contributed by atoms with Crippen LogP contribution in [0.3, 0.4) is 0 Å². The van der Waals surface area contributed by atoms with Crippen LogP contribution < -0.4 is 10.9 Å². The van der Waals surface area contributed by atoms with E-state index < -0.39 is 41.5 Å². The molecule has 4 rings (SSSR count). The number of hydrogen-bond donors (Lipinski definition) is 3. The molecule has 0 bridgehead atoms. The summed E-state index contributed by atoms with van der Waals surface area (Å²) in [6.07, 6.45) is -2.61. The Bertz CT molecular complexity index is 1020. The lowest BCUT2D eigenvalue weighted by molar-refractivity contribution is -0.0456. The molecule has 0 radical (unpaired) electrons. The van der Waals surface area contributed by atoms with Crippen LogP contribution in [0.1, 0.15) is 26.0 Å². The molecule has 1 aliphatic heterocycles. The Hall–Kier alpha value is -1.58. The summed E-state index contributed by atoms with van der Waals surface area (Å²) in [5, 5.41) is 20.7. The first-order chi connectivity index (χ1) is 13.7. The molecule has 0 aromatic carbocycles. The first-order valence-corrected chi connectivity index (χ1v) is 11.3. The van der Waals surface area contributed by atoms with Gasteiger partial charge >= 0.3 is 10.3 Å². The number of anilines is 1. The lowest BCUT2D eigenvalue weighted by Gasteiger charge is -2.14. The van der Waals surface area contributed by atoms with Gasteiger partial charge in [-0.3, -0.25) is 4.18 Å². The summed E-state index contributed by atoms with van der Waals surface area (Å²) in [6.45, 7) is 1.45. The van der Waals surface area contributed by atoms with Gasteiger partial charge in [0.15, 0.2) is 18.0 Å². The molecule has 2 aliphatic rings. The van der Waals surface area contributed by atoms with Crippen molar-refractivity contribution in [3.8, 4) is 0 Å². The highest BCUT2D eigenvalue weighted by atomic mass is 32.2. The number of nitrogens with two attached hydrogens (primary N) is 2. The number of ether oxygens (including phenoxy) is 1. The monoisotopic (exact) mass is 448 g/mol. The van der Waals surface area contributed by atoms with Gasteiger partial charge in [-0.25, -0.2) is 24.2 Å². The van der Waals surface area contributed by atoms with E-state index in [2.05, 4.69) is 26.2 Å². The summed E-state index contributed by atoms with van der Waals surface area (Å²) in [4.78, 5) is 8.16. The molecule has 14 heteroatoms. The van der Waals surface area contributed by atoms with Crippen LogP contribution in [0.15, 0.2) is 11.4 Å². The summed E-state index contributed by atoms with van der Waals surface area (Å²) in [5.41, 5.74) is 6.28. The number of alkyl halides is 1. The molecule has 0 unspecified atom stereocenters. The maximum atomic E-state index is 14.8. The lowest BCUT2D eigenvalue weighted by atomic mass is 10.1. The Morgan fingerprint density at radius 1 is 1.48 bits per heavy atom. The van der Waals surface area contributed by atoms with Gasteiger partial charge in [-0.15, -0.1) is 11.8 Å². The molecule has 5 atom stereocenters. The van der Waals surface area contributed by atoms with Crippen LogP contribution in [0.25, 0.3) is 11.0 Å². The molecule has 29 heavy (non-hydrogen) atoms. The molecule has 3 heterocycles. The third kappa shape index (κ3) is 4.18. The minimum atomic E-state index is -4.26. The Balaban J connectivity index is 1.65. The number of thioether (sulfide) groups is 1. The number of rotatable bonds is 7. The average molecular weight is 449 g/mol. The second kappa shape index (κ2) is 7.59. The van der Waals surface area contributed by atoms with Gasteiger partial charge < -0.3 is 15.6 Å². The standard InChI is InChI=1S/C15H21FN6O5S2/c1-6(7-2-3-7)28-14-9-12(17)19-5-20-13(9)22(21-14)15-10(16)11(23)8(27-15)4-26-29(18,24)25/h5-8,10-11,15,23H,2-4H2,1H3,(H2,17,19,20)(H2,18,24,25)/t6-,8-,10+,11-,15-/m1/s1. The normalized spacial score (nSPS) is 28.8. The van der Waals surface area contributed by atoms with Crippen molar-refractivity contribution in [3.63, 3.8) is 0 Å². The molecule has 1 saturated carbocycles. The zero-order chi connectivity index (χ0) is 20.9. The molecule has 2 aromatic rings. The van der Waals surface area contributed by atoms with Crippen LogP contribution in [-0.2, 0) is 19.2 Å². The molecule has 0 spiro atoms. The van der Waals surface area contributed by atoms with E-state index in [-0.39, 0.29) is 16.7 Å². The fourth-order valence-corrected chi connectivity index (χ4v) is 4.85. The first kappa shape index (κ1) is 20.7. The Kier molecular flexibility index (Phi) is 5.41. The van der Waals surface area contributed by atoms with Gasteiger partial charge in [0.2, 0.25) is 0 Å². The van der Waals surface area contributed by atoms with Crippen LogP contribution in [0.5, 0.6) is 0 Å². The van der Waals surface area contributed by atoms with Crippen molar-refractivity contribution in [3.05, 3.63) is 6.33 Å². The third-order valence-corrected chi connectivity index (χ3v) is 6.73. The Morgan fingerprint density at radius 3 is 2.86 bits per heavy atom. The van der Waals surface area contributed by atoms with Crippen molar-refractivity contribution < 1.29 is 26.8 Å². The maximum Gasteiger partial charge on any atom is 0.333 e. The molecule has 160 valence electrons. The molecule has 2 aromatic heterocycles. The SMILES string of the molecule is C[C@@H](Sc1nn([C@@H]2O[C@H](COS(N)(=O)=O)[C@@H](O)[C@@H]2F)c2ncnc(N)c12)C1CC1. The first-order valence-electron chi connectivity index (χ1n) is 8.96. The van der Waals surface area contributed by atoms with Crippen molar-refractivity contribution in [1.29, 1.82) is 0 Å². The number of aliphatic hydroxyl groups is 1. The van der Waals surface area contributed by atoms with Gasteiger partial charge in [-0.1, -0.05) is 6.92 Å². The lowest BCUT2D eigenvalue weighted by Crippen LogP contribution is -2.33. The summed E-state index contributed by atoms with van der Waals surface area (Å²) in [5.74, 6) is 0.791. The van der Waals surface area contributed by atoms with Gasteiger partial charge in [0, 0.05) is 5.25 Å². The zero-order valence-electron chi connectivity index (χ0n) is 15.4. The molecule has 1 aliphatic carbocycles. The summed E-state index contributed by atoms with van der Waals surface area (Å²) < 4.78 is 47.9.